The van der Waals surface area contributed by atoms with Crippen molar-refractivity contribution in [3.05, 3.63) is 96.2 Å². The van der Waals surface area contributed by atoms with E-state index in [0.717, 1.165) is 22.4 Å². The summed E-state index contributed by atoms with van der Waals surface area (Å²) in [6.07, 6.45) is 1.12. The lowest BCUT2D eigenvalue weighted by molar-refractivity contribution is -0.304. The van der Waals surface area contributed by atoms with Crippen molar-refractivity contribution in [1.29, 1.82) is 0 Å². The van der Waals surface area contributed by atoms with E-state index in [-0.39, 0.29) is 24.7 Å². The van der Waals surface area contributed by atoms with Crippen molar-refractivity contribution in [3.63, 3.8) is 0 Å². The molecule has 2 unspecified atom stereocenters. The number of aliphatic hydroxyl groups is 4. The van der Waals surface area contributed by atoms with Gasteiger partial charge in [-0.3, -0.25) is 19.2 Å². The minimum atomic E-state index is -1.26. The first-order valence-electron chi connectivity index (χ1n) is 22.1. The molecule has 0 amide bonds. The molecule has 340 valence electrons. The summed E-state index contributed by atoms with van der Waals surface area (Å²) >= 11 is 0. The summed E-state index contributed by atoms with van der Waals surface area (Å²) < 4.78 is 20.7. The third kappa shape index (κ3) is 13.4. The van der Waals surface area contributed by atoms with Gasteiger partial charge in [0.2, 0.25) is 0 Å². The molecular formula is C48H69N5O9. The number of carbonyl (C=O) groups is 2. The Balaban J connectivity index is 1.50. The predicted molar refractivity (Wildman–Crippen MR) is 236 cm³/mol. The zero-order valence-corrected chi connectivity index (χ0v) is 37.4. The quantitative estimate of drug-likeness (QED) is 0.165. The van der Waals surface area contributed by atoms with Gasteiger partial charge in [0.15, 0.2) is 12.1 Å². The number of ketones is 1. The molecule has 1 fully saturated rings. The van der Waals surface area contributed by atoms with Crippen LogP contribution in [0.1, 0.15) is 65.9 Å². The molecule has 1 aromatic heterocycles. The molecule has 4 N–H and O–H groups in total. The number of rotatable bonds is 14. The van der Waals surface area contributed by atoms with Crippen LogP contribution in [-0.4, -0.2) is 140 Å². The zero-order valence-electron chi connectivity index (χ0n) is 37.4. The van der Waals surface area contributed by atoms with Crippen LogP contribution in [0.5, 0.6) is 0 Å². The summed E-state index contributed by atoms with van der Waals surface area (Å²) in [6, 6.07) is 19.4. The van der Waals surface area contributed by atoms with Crippen molar-refractivity contribution in [3.8, 4) is 11.3 Å². The number of cyclic esters (lactones) is 1. The van der Waals surface area contributed by atoms with Gasteiger partial charge in [0.25, 0.3) is 0 Å². The molecule has 1 saturated heterocycles. The van der Waals surface area contributed by atoms with E-state index in [2.05, 4.69) is 27.3 Å². The maximum absolute atomic E-state index is 13.9. The number of benzene rings is 2. The van der Waals surface area contributed by atoms with Crippen molar-refractivity contribution >= 4 is 11.8 Å². The van der Waals surface area contributed by atoms with E-state index in [1.165, 1.54) is 0 Å². The van der Waals surface area contributed by atoms with Gasteiger partial charge in [-0.1, -0.05) is 104 Å². The van der Waals surface area contributed by atoms with Gasteiger partial charge in [-0.05, 0) is 71.3 Å². The standard InChI is InChI=1S/C48H69N5O9/c1-8-42-38(30-54)25-31(2)19-20-40(55)32(3)26-37(47(33(4)41(56)27-43(57)61-42)62-48-46(59)44(51(6)7)45(58)34(5)60-48)21-22-52(28-35-15-11-9-12-16-35)23-24-53-29-39(49-50-53)36-17-13-10-14-18-36/h9-20,25,29,32-34,37-38,41-42,44-48,54,56,58-59H,8,21-24,26-28,30H2,1-7H3/b20-19+,31-25+/t32-,33+,34-,37+,38-,41-,42-,44?,45-,46?,47-,48+/m1/s1. The van der Waals surface area contributed by atoms with E-state index >= 15 is 0 Å². The Morgan fingerprint density at radius 1 is 0.935 bits per heavy atom. The molecule has 3 heterocycles. The molecule has 0 saturated carbocycles. The molecule has 5 rings (SSSR count). The summed E-state index contributed by atoms with van der Waals surface area (Å²) in [4.78, 5) is 31.5. The van der Waals surface area contributed by atoms with E-state index in [1.54, 1.807) is 45.0 Å². The largest absolute Gasteiger partial charge is 0.462 e. The SMILES string of the molecule is CC[C@H]1OC(=O)C[C@@H](O)[C@H](C)[C@@H](O[C@@H]2O[C@H](C)[C@@H](O)C(N(C)C)C2O)[C@@H](CCN(CCn2cc(-c3ccccc3)nn2)Cc2ccccc2)C[C@@H](C)C(=O)/C=C/C(C)=C/[C@@H]1CO. The minimum absolute atomic E-state index is 0.0966. The average Bonchev–Trinajstić information content (AvgIpc) is 3.74. The van der Waals surface area contributed by atoms with Crippen LogP contribution in [-0.2, 0) is 36.9 Å². The van der Waals surface area contributed by atoms with Crippen LogP contribution >= 0.6 is 0 Å². The first-order valence-corrected chi connectivity index (χ1v) is 22.1. The number of likely N-dealkylation sites (N-methyl/N-ethyl adjacent to an activating group) is 1. The maximum Gasteiger partial charge on any atom is 0.308 e. The second kappa shape index (κ2) is 23.5. The van der Waals surface area contributed by atoms with Crippen molar-refractivity contribution < 1.29 is 44.2 Å². The highest BCUT2D eigenvalue weighted by atomic mass is 16.7. The highest BCUT2D eigenvalue weighted by Gasteiger charge is 2.47. The van der Waals surface area contributed by atoms with Crippen LogP contribution < -0.4 is 0 Å². The highest BCUT2D eigenvalue weighted by molar-refractivity contribution is 5.91. The number of aromatic nitrogens is 3. The van der Waals surface area contributed by atoms with Crippen molar-refractivity contribution in [2.75, 3.05) is 33.8 Å². The molecule has 14 heteroatoms. The molecule has 14 nitrogen and oxygen atoms in total. The van der Waals surface area contributed by atoms with Gasteiger partial charge in [0.1, 0.15) is 17.9 Å². The van der Waals surface area contributed by atoms with Gasteiger partial charge in [-0.2, -0.15) is 0 Å². The fourth-order valence-electron chi connectivity index (χ4n) is 8.71. The van der Waals surface area contributed by atoms with E-state index < -0.39 is 72.7 Å². The summed E-state index contributed by atoms with van der Waals surface area (Å²) in [5.41, 5.74) is 3.63. The van der Waals surface area contributed by atoms with Crippen LogP contribution in [0.3, 0.4) is 0 Å². The average molecular weight is 860 g/mol. The summed E-state index contributed by atoms with van der Waals surface area (Å²) in [5, 5.41) is 53.7. The lowest BCUT2D eigenvalue weighted by Crippen LogP contribution is -2.63. The third-order valence-electron chi connectivity index (χ3n) is 12.5. The minimum Gasteiger partial charge on any atom is -0.462 e. The molecule has 12 atom stereocenters. The van der Waals surface area contributed by atoms with Crippen molar-refractivity contribution in [2.24, 2.45) is 23.7 Å². The lowest BCUT2D eigenvalue weighted by atomic mass is 9.79. The number of allylic oxidation sites excluding steroid dienone is 3. The fraction of sp³-hybridized carbons (Fsp3) is 0.583. The Bertz CT molecular complexity index is 1890. The molecule has 2 aliphatic rings. The van der Waals surface area contributed by atoms with E-state index in [4.69, 9.17) is 14.2 Å². The summed E-state index contributed by atoms with van der Waals surface area (Å²) in [7, 11) is 3.54. The highest BCUT2D eigenvalue weighted by Crippen LogP contribution is 2.35. The molecule has 3 aromatic rings. The van der Waals surface area contributed by atoms with Crippen LogP contribution in [0.15, 0.2) is 90.7 Å². The topological polar surface area (TPSA) is 180 Å². The Hall–Kier alpha value is -4.12. The van der Waals surface area contributed by atoms with Crippen LogP contribution in [0.4, 0.5) is 0 Å². The molecule has 2 aromatic carbocycles. The number of hydrogen-bond donors (Lipinski definition) is 4. The number of aliphatic hydroxyl groups excluding tert-OH is 4. The number of carbonyl (C=O) groups excluding carboxylic acids is 2. The Morgan fingerprint density at radius 3 is 2.29 bits per heavy atom. The fourth-order valence-corrected chi connectivity index (χ4v) is 8.71. The first-order chi connectivity index (χ1) is 29.7. The first kappa shape index (κ1) is 48.9. The second-order valence-electron chi connectivity index (χ2n) is 17.5. The van der Waals surface area contributed by atoms with Gasteiger partial charge in [0.05, 0.1) is 56.2 Å². The second-order valence-corrected chi connectivity index (χ2v) is 17.5. The van der Waals surface area contributed by atoms with E-state index in [1.807, 2.05) is 86.3 Å². The Morgan fingerprint density at radius 2 is 1.63 bits per heavy atom. The molecule has 0 spiro atoms. The normalized spacial score (nSPS) is 32.0. The van der Waals surface area contributed by atoms with Crippen LogP contribution in [0.25, 0.3) is 11.3 Å². The summed E-state index contributed by atoms with van der Waals surface area (Å²) in [5.74, 6) is -2.79. The number of esters is 1. The van der Waals surface area contributed by atoms with Gasteiger partial charge in [0, 0.05) is 36.4 Å². The summed E-state index contributed by atoms with van der Waals surface area (Å²) in [6.45, 7) is 11.2. The predicted octanol–water partition coefficient (Wildman–Crippen LogP) is 4.66. The Labute approximate surface area is 367 Å². The lowest BCUT2D eigenvalue weighted by Gasteiger charge is -2.46. The number of nitrogens with zero attached hydrogens (tertiary/aromatic N) is 5. The Kier molecular flexibility index (Phi) is 18.6. The molecule has 62 heavy (non-hydrogen) atoms. The third-order valence-corrected chi connectivity index (χ3v) is 12.5. The van der Waals surface area contributed by atoms with Crippen molar-refractivity contribution in [2.45, 2.75) is 122 Å². The molecule has 0 aliphatic carbocycles. The van der Waals surface area contributed by atoms with Crippen molar-refractivity contribution in [1.82, 2.24) is 24.8 Å². The van der Waals surface area contributed by atoms with Gasteiger partial charge >= 0.3 is 5.97 Å². The smallest absolute Gasteiger partial charge is 0.308 e. The van der Waals surface area contributed by atoms with Gasteiger partial charge in [-0.15, -0.1) is 5.10 Å². The van der Waals surface area contributed by atoms with E-state index in [9.17, 15) is 30.0 Å². The maximum atomic E-state index is 13.9. The number of ether oxygens (including phenoxy) is 3. The van der Waals surface area contributed by atoms with E-state index in [0.29, 0.717) is 45.4 Å². The van der Waals surface area contributed by atoms with Crippen LogP contribution in [0, 0.1) is 23.7 Å². The molecule has 0 bridgehead atoms. The van der Waals surface area contributed by atoms with Gasteiger partial charge < -0.3 is 39.5 Å². The van der Waals surface area contributed by atoms with Gasteiger partial charge in [-0.25, -0.2) is 0 Å². The molecular weight excluding hydrogens is 791 g/mol. The van der Waals surface area contributed by atoms with Crippen LogP contribution in [0.2, 0.25) is 0 Å². The monoisotopic (exact) mass is 860 g/mol. The number of hydrogen-bond acceptors (Lipinski definition) is 13. The molecule has 2 aliphatic heterocycles. The zero-order chi connectivity index (χ0) is 44.9. The molecule has 0 radical (unpaired) electrons.